The Morgan fingerprint density at radius 1 is 1.30 bits per heavy atom. The molecule has 106 valence electrons. The highest BCUT2D eigenvalue weighted by Gasteiger charge is 2.22. The van der Waals surface area contributed by atoms with Crippen molar-refractivity contribution in [2.75, 3.05) is 26.2 Å². The van der Waals surface area contributed by atoms with Crippen LogP contribution in [0.2, 0.25) is 0 Å². The maximum absolute atomic E-state index is 12.6. The molecule has 1 N–H and O–H groups in total. The van der Waals surface area contributed by atoms with E-state index in [1.807, 2.05) is 27.6 Å². The van der Waals surface area contributed by atoms with Crippen LogP contribution < -0.4 is 5.32 Å². The van der Waals surface area contributed by atoms with E-state index in [1.165, 1.54) is 0 Å². The number of aromatic nitrogens is 3. The van der Waals surface area contributed by atoms with Gasteiger partial charge in [0.25, 0.3) is 5.91 Å². The first kappa shape index (κ1) is 13.1. The molecule has 1 aliphatic heterocycles. The van der Waals surface area contributed by atoms with Gasteiger partial charge in [-0.25, -0.2) is 0 Å². The number of hydrogen-bond donors (Lipinski definition) is 1. The number of fused-ring (bicyclic) bond motifs is 1. The SMILES string of the molecule is CC(C)c1nnc2c(C(=O)N3CCNCC3)cccn12. The Hall–Kier alpha value is -1.95. The lowest BCUT2D eigenvalue weighted by Crippen LogP contribution is -2.46. The molecule has 1 fully saturated rings. The van der Waals surface area contributed by atoms with Gasteiger partial charge in [-0.05, 0) is 12.1 Å². The molecule has 6 nitrogen and oxygen atoms in total. The zero-order chi connectivity index (χ0) is 14.1. The van der Waals surface area contributed by atoms with E-state index in [1.54, 1.807) is 0 Å². The van der Waals surface area contributed by atoms with Crippen molar-refractivity contribution in [1.29, 1.82) is 0 Å². The number of pyridine rings is 1. The third-order valence-electron chi connectivity index (χ3n) is 3.61. The van der Waals surface area contributed by atoms with Gasteiger partial charge in [-0.1, -0.05) is 13.8 Å². The molecule has 2 aromatic rings. The molecule has 3 heterocycles. The summed E-state index contributed by atoms with van der Waals surface area (Å²) >= 11 is 0. The molecule has 20 heavy (non-hydrogen) atoms. The zero-order valence-corrected chi connectivity index (χ0v) is 11.8. The minimum atomic E-state index is 0.0415. The lowest BCUT2D eigenvalue weighted by atomic mass is 10.2. The Labute approximate surface area is 117 Å². The van der Waals surface area contributed by atoms with E-state index in [0.29, 0.717) is 11.2 Å². The van der Waals surface area contributed by atoms with Crippen LogP contribution in [0.4, 0.5) is 0 Å². The number of nitrogens with zero attached hydrogens (tertiary/aromatic N) is 4. The Morgan fingerprint density at radius 2 is 2.05 bits per heavy atom. The minimum absolute atomic E-state index is 0.0415. The molecule has 0 aromatic carbocycles. The highest BCUT2D eigenvalue weighted by molar-refractivity contribution is 5.99. The molecular formula is C14H19N5O. The van der Waals surface area contributed by atoms with Crippen LogP contribution in [-0.4, -0.2) is 51.6 Å². The number of carbonyl (C=O) groups is 1. The molecule has 0 radical (unpaired) electrons. The van der Waals surface area contributed by atoms with Crippen molar-refractivity contribution in [3.05, 3.63) is 29.7 Å². The smallest absolute Gasteiger partial charge is 0.257 e. The van der Waals surface area contributed by atoms with Crippen molar-refractivity contribution < 1.29 is 4.79 Å². The average molecular weight is 273 g/mol. The van der Waals surface area contributed by atoms with Gasteiger partial charge >= 0.3 is 0 Å². The van der Waals surface area contributed by atoms with Crippen LogP contribution in [0, 0.1) is 0 Å². The van der Waals surface area contributed by atoms with Crippen LogP contribution in [0.1, 0.15) is 35.9 Å². The van der Waals surface area contributed by atoms with Crippen molar-refractivity contribution in [3.8, 4) is 0 Å². The molecule has 2 aromatic heterocycles. The van der Waals surface area contributed by atoms with Gasteiger partial charge in [0.15, 0.2) is 5.65 Å². The largest absolute Gasteiger partial charge is 0.336 e. The van der Waals surface area contributed by atoms with Crippen LogP contribution in [0.25, 0.3) is 5.65 Å². The van der Waals surface area contributed by atoms with Crippen LogP contribution in [-0.2, 0) is 0 Å². The summed E-state index contributed by atoms with van der Waals surface area (Å²) in [5.74, 6) is 1.20. The van der Waals surface area contributed by atoms with Crippen LogP contribution >= 0.6 is 0 Å². The highest BCUT2D eigenvalue weighted by Crippen LogP contribution is 2.17. The van der Waals surface area contributed by atoms with Crippen molar-refractivity contribution >= 4 is 11.6 Å². The van der Waals surface area contributed by atoms with Gasteiger partial charge in [-0.3, -0.25) is 9.20 Å². The number of nitrogens with one attached hydrogen (secondary N) is 1. The maximum atomic E-state index is 12.6. The van der Waals surface area contributed by atoms with Crippen LogP contribution in [0.3, 0.4) is 0 Å². The standard InChI is InChI=1S/C14H19N5O/c1-10(2)12-16-17-13-11(4-3-7-19(12)13)14(20)18-8-5-15-6-9-18/h3-4,7,10,15H,5-6,8-9H2,1-2H3. The molecule has 0 atom stereocenters. The van der Waals surface area contributed by atoms with E-state index in [9.17, 15) is 4.79 Å². The van der Waals surface area contributed by atoms with Crippen LogP contribution in [0.15, 0.2) is 18.3 Å². The van der Waals surface area contributed by atoms with Gasteiger partial charge in [-0.15, -0.1) is 10.2 Å². The summed E-state index contributed by atoms with van der Waals surface area (Å²) in [6.07, 6.45) is 1.92. The molecule has 0 spiro atoms. The topological polar surface area (TPSA) is 62.5 Å². The number of amides is 1. The minimum Gasteiger partial charge on any atom is -0.336 e. The molecule has 1 amide bonds. The predicted octanol–water partition coefficient (Wildman–Crippen LogP) is 0.898. The lowest BCUT2D eigenvalue weighted by Gasteiger charge is -2.27. The molecule has 6 heteroatoms. The van der Waals surface area contributed by atoms with Gasteiger partial charge in [0.1, 0.15) is 5.82 Å². The normalized spacial score (nSPS) is 16.1. The number of rotatable bonds is 2. The van der Waals surface area contributed by atoms with E-state index in [4.69, 9.17) is 0 Å². The summed E-state index contributed by atoms with van der Waals surface area (Å²) in [4.78, 5) is 14.5. The van der Waals surface area contributed by atoms with E-state index in [0.717, 1.165) is 32.0 Å². The molecular weight excluding hydrogens is 254 g/mol. The van der Waals surface area contributed by atoms with Gasteiger partial charge in [0, 0.05) is 38.3 Å². The van der Waals surface area contributed by atoms with E-state index in [2.05, 4.69) is 29.4 Å². The van der Waals surface area contributed by atoms with Gasteiger partial charge in [0.05, 0.1) is 5.56 Å². The number of piperazine rings is 1. The average Bonchev–Trinajstić information content (AvgIpc) is 2.91. The van der Waals surface area contributed by atoms with E-state index < -0.39 is 0 Å². The fraction of sp³-hybridized carbons (Fsp3) is 0.500. The number of hydrogen-bond acceptors (Lipinski definition) is 4. The van der Waals surface area contributed by atoms with Gasteiger partial charge in [0.2, 0.25) is 0 Å². The Morgan fingerprint density at radius 3 is 2.75 bits per heavy atom. The first-order chi connectivity index (χ1) is 9.68. The van der Waals surface area contributed by atoms with E-state index in [-0.39, 0.29) is 11.8 Å². The zero-order valence-electron chi connectivity index (χ0n) is 11.8. The second kappa shape index (κ2) is 5.20. The second-order valence-corrected chi connectivity index (χ2v) is 5.37. The highest BCUT2D eigenvalue weighted by atomic mass is 16.2. The molecule has 3 rings (SSSR count). The predicted molar refractivity (Wildman–Crippen MR) is 75.8 cm³/mol. The van der Waals surface area contributed by atoms with Crippen molar-refractivity contribution in [1.82, 2.24) is 24.8 Å². The Balaban J connectivity index is 2.01. The molecule has 0 bridgehead atoms. The third-order valence-corrected chi connectivity index (χ3v) is 3.61. The van der Waals surface area contributed by atoms with Crippen molar-refractivity contribution in [3.63, 3.8) is 0 Å². The summed E-state index contributed by atoms with van der Waals surface area (Å²) in [6.45, 7) is 7.32. The summed E-state index contributed by atoms with van der Waals surface area (Å²) in [6, 6.07) is 3.72. The van der Waals surface area contributed by atoms with E-state index >= 15 is 0 Å². The lowest BCUT2D eigenvalue weighted by molar-refractivity contribution is 0.0737. The van der Waals surface area contributed by atoms with Crippen molar-refractivity contribution in [2.24, 2.45) is 0 Å². The first-order valence-electron chi connectivity index (χ1n) is 7.02. The molecule has 0 aliphatic carbocycles. The fourth-order valence-corrected chi connectivity index (χ4v) is 2.53. The molecule has 1 saturated heterocycles. The Bertz CT molecular complexity index is 628. The molecule has 0 unspecified atom stereocenters. The summed E-state index contributed by atoms with van der Waals surface area (Å²) in [7, 11) is 0. The monoisotopic (exact) mass is 273 g/mol. The summed E-state index contributed by atoms with van der Waals surface area (Å²) < 4.78 is 1.92. The fourth-order valence-electron chi connectivity index (χ4n) is 2.53. The number of carbonyl (C=O) groups excluding carboxylic acids is 1. The molecule has 1 aliphatic rings. The van der Waals surface area contributed by atoms with Gasteiger partial charge in [-0.2, -0.15) is 0 Å². The van der Waals surface area contributed by atoms with Gasteiger partial charge < -0.3 is 10.2 Å². The second-order valence-electron chi connectivity index (χ2n) is 5.37. The molecule has 0 saturated carbocycles. The quantitative estimate of drug-likeness (QED) is 0.883. The summed E-state index contributed by atoms with van der Waals surface area (Å²) in [5, 5.41) is 11.7. The third kappa shape index (κ3) is 2.16. The van der Waals surface area contributed by atoms with Crippen molar-refractivity contribution in [2.45, 2.75) is 19.8 Å². The first-order valence-corrected chi connectivity index (χ1v) is 7.02. The Kier molecular flexibility index (Phi) is 3.40. The summed E-state index contributed by atoms with van der Waals surface area (Å²) in [5.41, 5.74) is 1.29. The maximum Gasteiger partial charge on any atom is 0.257 e. The van der Waals surface area contributed by atoms with Crippen LogP contribution in [0.5, 0.6) is 0 Å².